The van der Waals surface area contributed by atoms with Gasteiger partial charge < -0.3 is 4.74 Å². The number of fused-ring (bicyclic) bond motifs is 1. The summed E-state index contributed by atoms with van der Waals surface area (Å²) in [6.45, 7) is 0.986. The standard InChI is InChI=1S/C7H10O/c1-2-6-4-5-8-7(6)3-1/h1-2,6-7H,3-5H2/t6-,7-/m0/s1. The minimum absolute atomic E-state index is 0.565. The summed E-state index contributed by atoms with van der Waals surface area (Å²) in [4.78, 5) is 0. The minimum Gasteiger partial charge on any atom is -0.377 e. The molecule has 0 saturated carbocycles. The van der Waals surface area contributed by atoms with Crippen LogP contribution in [-0.4, -0.2) is 12.7 Å². The Bertz CT molecular complexity index is 118. The zero-order valence-electron chi connectivity index (χ0n) is 4.84. The van der Waals surface area contributed by atoms with Crippen LogP contribution in [0.4, 0.5) is 0 Å². The molecule has 0 aromatic heterocycles. The van der Waals surface area contributed by atoms with Crippen molar-refractivity contribution in [3.63, 3.8) is 0 Å². The highest BCUT2D eigenvalue weighted by Gasteiger charge is 2.27. The van der Waals surface area contributed by atoms with Gasteiger partial charge in [0.25, 0.3) is 0 Å². The maximum Gasteiger partial charge on any atom is 0.0672 e. The molecular formula is C7H10O. The van der Waals surface area contributed by atoms with Gasteiger partial charge >= 0.3 is 0 Å². The van der Waals surface area contributed by atoms with E-state index in [1.54, 1.807) is 0 Å². The van der Waals surface area contributed by atoms with Gasteiger partial charge in [-0.1, -0.05) is 12.2 Å². The number of hydrogen-bond donors (Lipinski definition) is 0. The van der Waals surface area contributed by atoms with Crippen LogP contribution in [0.5, 0.6) is 0 Å². The first-order valence-electron chi connectivity index (χ1n) is 3.25. The highest BCUT2D eigenvalue weighted by atomic mass is 16.5. The Balaban J connectivity index is 2.13. The fraction of sp³-hybridized carbons (Fsp3) is 0.714. The van der Waals surface area contributed by atoms with Gasteiger partial charge in [-0.15, -0.1) is 0 Å². The predicted octanol–water partition coefficient (Wildman–Crippen LogP) is 1.35. The predicted molar refractivity (Wildman–Crippen MR) is 31.6 cm³/mol. The van der Waals surface area contributed by atoms with Gasteiger partial charge in [0.05, 0.1) is 6.10 Å². The summed E-state index contributed by atoms with van der Waals surface area (Å²) >= 11 is 0. The maximum absolute atomic E-state index is 5.41. The molecule has 0 aromatic rings. The van der Waals surface area contributed by atoms with Crippen LogP contribution in [0.2, 0.25) is 0 Å². The molecule has 1 aliphatic heterocycles. The van der Waals surface area contributed by atoms with Gasteiger partial charge in [-0.05, 0) is 12.8 Å². The average Bonchev–Trinajstić information content (AvgIpc) is 2.15. The van der Waals surface area contributed by atoms with Crippen LogP contribution in [0.25, 0.3) is 0 Å². The Hall–Kier alpha value is -0.300. The summed E-state index contributed by atoms with van der Waals surface area (Å²) in [5.41, 5.74) is 0. The molecule has 0 spiro atoms. The zero-order chi connectivity index (χ0) is 5.40. The van der Waals surface area contributed by atoms with Gasteiger partial charge in [0, 0.05) is 12.5 Å². The van der Waals surface area contributed by atoms with E-state index in [1.807, 2.05) is 0 Å². The molecule has 1 nitrogen and oxygen atoms in total. The Kier molecular flexibility index (Phi) is 0.908. The number of ether oxygens (including phenoxy) is 1. The van der Waals surface area contributed by atoms with Crippen LogP contribution < -0.4 is 0 Å². The largest absolute Gasteiger partial charge is 0.377 e. The molecular weight excluding hydrogens is 100 g/mol. The molecule has 1 fully saturated rings. The molecule has 0 bridgehead atoms. The summed E-state index contributed by atoms with van der Waals surface area (Å²) in [6, 6.07) is 0. The molecule has 2 rings (SSSR count). The second kappa shape index (κ2) is 1.59. The molecule has 1 saturated heterocycles. The normalized spacial score (nSPS) is 43.0. The Morgan fingerprint density at radius 2 is 2.50 bits per heavy atom. The summed E-state index contributed by atoms with van der Waals surface area (Å²) in [6.07, 6.45) is 7.49. The van der Waals surface area contributed by atoms with E-state index in [1.165, 1.54) is 6.42 Å². The second-order valence-corrected chi connectivity index (χ2v) is 2.53. The van der Waals surface area contributed by atoms with Gasteiger partial charge in [0.2, 0.25) is 0 Å². The van der Waals surface area contributed by atoms with Crippen molar-refractivity contribution in [2.24, 2.45) is 5.92 Å². The van der Waals surface area contributed by atoms with Crippen molar-refractivity contribution in [3.8, 4) is 0 Å². The summed E-state index contributed by atoms with van der Waals surface area (Å²) in [7, 11) is 0. The second-order valence-electron chi connectivity index (χ2n) is 2.53. The van der Waals surface area contributed by atoms with Crippen molar-refractivity contribution < 1.29 is 4.74 Å². The fourth-order valence-corrected chi connectivity index (χ4v) is 1.52. The lowest BCUT2D eigenvalue weighted by Crippen LogP contribution is -2.06. The molecule has 0 unspecified atom stereocenters. The Morgan fingerprint density at radius 1 is 1.50 bits per heavy atom. The molecule has 1 heteroatoms. The van der Waals surface area contributed by atoms with E-state index in [0.29, 0.717) is 6.10 Å². The van der Waals surface area contributed by atoms with Gasteiger partial charge in [0.1, 0.15) is 0 Å². The summed E-state index contributed by atoms with van der Waals surface area (Å²) < 4.78 is 5.41. The van der Waals surface area contributed by atoms with Crippen molar-refractivity contribution in [2.45, 2.75) is 18.9 Å². The van der Waals surface area contributed by atoms with Gasteiger partial charge in [-0.25, -0.2) is 0 Å². The van der Waals surface area contributed by atoms with Crippen LogP contribution in [0.3, 0.4) is 0 Å². The van der Waals surface area contributed by atoms with E-state index in [0.717, 1.165) is 18.9 Å². The third kappa shape index (κ3) is 0.511. The number of hydrogen-bond acceptors (Lipinski definition) is 1. The monoisotopic (exact) mass is 110 g/mol. The average molecular weight is 110 g/mol. The van der Waals surface area contributed by atoms with E-state index in [9.17, 15) is 0 Å². The Labute approximate surface area is 49.3 Å². The van der Waals surface area contributed by atoms with E-state index in [4.69, 9.17) is 4.74 Å². The van der Waals surface area contributed by atoms with E-state index < -0.39 is 0 Å². The van der Waals surface area contributed by atoms with E-state index >= 15 is 0 Å². The van der Waals surface area contributed by atoms with Crippen molar-refractivity contribution in [3.05, 3.63) is 12.2 Å². The highest BCUT2D eigenvalue weighted by Crippen LogP contribution is 2.29. The molecule has 0 amide bonds. The molecule has 0 N–H and O–H groups in total. The van der Waals surface area contributed by atoms with Gasteiger partial charge in [-0.2, -0.15) is 0 Å². The van der Waals surface area contributed by atoms with Crippen LogP contribution >= 0.6 is 0 Å². The molecule has 44 valence electrons. The third-order valence-electron chi connectivity index (χ3n) is 2.01. The summed E-state index contributed by atoms with van der Waals surface area (Å²) in [5.74, 6) is 0.773. The molecule has 0 radical (unpaired) electrons. The first kappa shape index (κ1) is 4.57. The van der Waals surface area contributed by atoms with Crippen LogP contribution in [0.15, 0.2) is 12.2 Å². The van der Waals surface area contributed by atoms with Crippen molar-refractivity contribution in [2.75, 3.05) is 6.61 Å². The molecule has 2 atom stereocenters. The quantitative estimate of drug-likeness (QED) is 0.428. The van der Waals surface area contributed by atoms with Crippen LogP contribution in [0.1, 0.15) is 12.8 Å². The van der Waals surface area contributed by atoms with Gasteiger partial charge in [-0.3, -0.25) is 0 Å². The topological polar surface area (TPSA) is 9.23 Å². The van der Waals surface area contributed by atoms with E-state index in [-0.39, 0.29) is 0 Å². The van der Waals surface area contributed by atoms with Crippen molar-refractivity contribution >= 4 is 0 Å². The molecule has 1 heterocycles. The third-order valence-corrected chi connectivity index (χ3v) is 2.01. The highest BCUT2D eigenvalue weighted by molar-refractivity contribution is 5.04. The lowest BCUT2D eigenvalue weighted by Gasteiger charge is -2.04. The first-order chi connectivity index (χ1) is 3.97. The van der Waals surface area contributed by atoms with Crippen LogP contribution in [-0.2, 0) is 4.74 Å². The number of rotatable bonds is 0. The van der Waals surface area contributed by atoms with E-state index in [2.05, 4.69) is 12.2 Å². The molecule has 8 heavy (non-hydrogen) atoms. The molecule has 2 aliphatic rings. The van der Waals surface area contributed by atoms with Gasteiger partial charge in [0.15, 0.2) is 0 Å². The SMILES string of the molecule is C1=C[C@H]2CCO[C@H]2C1. The Morgan fingerprint density at radius 3 is 3.38 bits per heavy atom. The lowest BCUT2D eigenvalue weighted by molar-refractivity contribution is 0.107. The fourth-order valence-electron chi connectivity index (χ4n) is 1.52. The molecule has 0 aromatic carbocycles. The maximum atomic E-state index is 5.41. The lowest BCUT2D eigenvalue weighted by atomic mass is 10.1. The smallest absolute Gasteiger partial charge is 0.0672 e. The summed E-state index contributed by atoms with van der Waals surface area (Å²) in [5, 5.41) is 0. The van der Waals surface area contributed by atoms with Crippen LogP contribution in [0, 0.1) is 5.92 Å². The minimum atomic E-state index is 0.565. The molecule has 1 aliphatic carbocycles. The van der Waals surface area contributed by atoms with Crippen molar-refractivity contribution in [1.82, 2.24) is 0 Å². The van der Waals surface area contributed by atoms with Crippen molar-refractivity contribution in [1.29, 1.82) is 0 Å². The zero-order valence-corrected chi connectivity index (χ0v) is 4.84. The first-order valence-corrected chi connectivity index (χ1v) is 3.25.